The number of ether oxygens (including phenoxy) is 2. The van der Waals surface area contributed by atoms with Gasteiger partial charge in [-0.25, -0.2) is 0 Å². The van der Waals surface area contributed by atoms with E-state index in [-0.39, 0.29) is 0 Å². The number of hydrogen-bond acceptors (Lipinski definition) is 2. The first kappa shape index (κ1) is 12.6. The lowest BCUT2D eigenvalue weighted by atomic mass is 10.2. The van der Waals surface area contributed by atoms with Gasteiger partial charge in [0.2, 0.25) is 0 Å². The van der Waals surface area contributed by atoms with Gasteiger partial charge in [-0.15, -0.1) is 0 Å². The van der Waals surface area contributed by atoms with Crippen molar-refractivity contribution in [2.45, 2.75) is 13.5 Å². The summed E-state index contributed by atoms with van der Waals surface area (Å²) in [5.74, 6) is 1.61. The molecule has 3 rings (SSSR count). The van der Waals surface area contributed by atoms with Gasteiger partial charge in [0.1, 0.15) is 18.1 Å². The van der Waals surface area contributed by atoms with Crippen molar-refractivity contribution in [3.05, 3.63) is 59.8 Å². The lowest BCUT2D eigenvalue weighted by Gasteiger charge is -2.06. The van der Waals surface area contributed by atoms with Crippen LogP contribution in [0.3, 0.4) is 0 Å². The maximum absolute atomic E-state index is 5.79. The Labute approximate surface area is 118 Å². The number of fused-ring (bicyclic) bond motifs is 1. The zero-order valence-corrected chi connectivity index (χ0v) is 11.6. The predicted octanol–water partition coefficient (Wildman–Crippen LogP) is 4.06. The maximum Gasteiger partial charge on any atom is 0.128 e. The highest BCUT2D eigenvalue weighted by Gasteiger charge is 2.04. The summed E-state index contributed by atoms with van der Waals surface area (Å²) < 4.78 is 11.0. The fraction of sp³-hybridized carbons (Fsp3) is 0.176. The Morgan fingerprint density at radius 3 is 2.60 bits per heavy atom. The van der Waals surface area contributed by atoms with E-state index in [1.54, 1.807) is 7.11 Å². The third-order valence-electron chi connectivity index (χ3n) is 3.36. The van der Waals surface area contributed by atoms with E-state index in [1.807, 2.05) is 24.3 Å². The highest BCUT2D eigenvalue weighted by atomic mass is 16.5. The van der Waals surface area contributed by atoms with Crippen LogP contribution >= 0.6 is 0 Å². The van der Waals surface area contributed by atoms with Gasteiger partial charge in [-0.05, 0) is 30.7 Å². The average molecular weight is 267 g/mol. The minimum absolute atomic E-state index is 0.515. The van der Waals surface area contributed by atoms with E-state index in [2.05, 4.69) is 36.2 Å². The first-order valence-electron chi connectivity index (χ1n) is 6.60. The van der Waals surface area contributed by atoms with Crippen LogP contribution in [-0.4, -0.2) is 12.1 Å². The lowest BCUT2D eigenvalue weighted by molar-refractivity contribution is 0.300. The SMILES string of the molecule is COc1cccc(OCc2cc3cccc(C)c3[nH]2)c1. The Kier molecular flexibility index (Phi) is 3.33. The number of aromatic nitrogens is 1. The molecule has 0 atom stereocenters. The Balaban J connectivity index is 1.78. The fourth-order valence-corrected chi connectivity index (χ4v) is 2.30. The van der Waals surface area contributed by atoms with Crippen molar-refractivity contribution in [2.75, 3.05) is 7.11 Å². The molecular formula is C17H17NO2. The van der Waals surface area contributed by atoms with E-state index < -0.39 is 0 Å². The van der Waals surface area contributed by atoms with E-state index in [9.17, 15) is 0 Å². The Hall–Kier alpha value is -2.42. The Morgan fingerprint density at radius 1 is 1.00 bits per heavy atom. The van der Waals surface area contributed by atoms with Gasteiger partial charge < -0.3 is 14.5 Å². The van der Waals surface area contributed by atoms with Crippen LogP contribution in [0.25, 0.3) is 10.9 Å². The molecule has 0 aliphatic rings. The second-order valence-corrected chi connectivity index (χ2v) is 4.80. The number of aryl methyl sites for hydroxylation is 1. The molecule has 0 aliphatic heterocycles. The van der Waals surface area contributed by atoms with Crippen LogP contribution < -0.4 is 9.47 Å². The summed E-state index contributed by atoms with van der Waals surface area (Å²) in [6.07, 6.45) is 0. The van der Waals surface area contributed by atoms with E-state index in [4.69, 9.17) is 9.47 Å². The minimum Gasteiger partial charge on any atom is -0.497 e. The Morgan fingerprint density at radius 2 is 1.80 bits per heavy atom. The number of aromatic amines is 1. The van der Waals surface area contributed by atoms with Crippen molar-refractivity contribution in [2.24, 2.45) is 0 Å². The molecule has 1 heterocycles. The summed E-state index contributed by atoms with van der Waals surface area (Å²) in [6, 6.07) is 16.0. The molecule has 3 aromatic rings. The molecule has 2 aromatic carbocycles. The van der Waals surface area contributed by atoms with Gasteiger partial charge in [-0.1, -0.05) is 24.3 Å². The largest absolute Gasteiger partial charge is 0.497 e. The van der Waals surface area contributed by atoms with Crippen LogP contribution in [0.5, 0.6) is 11.5 Å². The first-order chi connectivity index (χ1) is 9.76. The van der Waals surface area contributed by atoms with E-state index in [0.29, 0.717) is 6.61 Å². The summed E-state index contributed by atoms with van der Waals surface area (Å²) in [5, 5.41) is 1.22. The summed E-state index contributed by atoms with van der Waals surface area (Å²) in [7, 11) is 1.65. The van der Waals surface area contributed by atoms with E-state index in [0.717, 1.165) is 17.2 Å². The Bertz CT molecular complexity index is 731. The van der Waals surface area contributed by atoms with Crippen molar-refractivity contribution >= 4 is 10.9 Å². The van der Waals surface area contributed by atoms with Crippen LogP contribution in [0.4, 0.5) is 0 Å². The number of hydrogen-bond donors (Lipinski definition) is 1. The maximum atomic E-state index is 5.79. The van der Waals surface area contributed by atoms with Crippen LogP contribution in [0.1, 0.15) is 11.3 Å². The molecule has 0 bridgehead atoms. The lowest BCUT2D eigenvalue weighted by Crippen LogP contribution is -1.95. The van der Waals surface area contributed by atoms with Crippen molar-refractivity contribution in [1.82, 2.24) is 4.98 Å². The molecule has 3 heteroatoms. The minimum atomic E-state index is 0.515. The van der Waals surface area contributed by atoms with Crippen molar-refractivity contribution < 1.29 is 9.47 Å². The van der Waals surface area contributed by atoms with E-state index >= 15 is 0 Å². The molecule has 0 aliphatic carbocycles. The molecule has 0 saturated heterocycles. The quantitative estimate of drug-likeness (QED) is 0.773. The van der Waals surface area contributed by atoms with E-state index in [1.165, 1.54) is 16.5 Å². The number of H-pyrrole nitrogens is 1. The van der Waals surface area contributed by atoms with Gasteiger partial charge in [-0.2, -0.15) is 0 Å². The zero-order valence-electron chi connectivity index (χ0n) is 11.6. The smallest absolute Gasteiger partial charge is 0.128 e. The molecule has 0 unspecified atom stereocenters. The molecule has 0 spiro atoms. The molecule has 1 N–H and O–H groups in total. The summed E-state index contributed by atoms with van der Waals surface area (Å²) >= 11 is 0. The standard InChI is InChI=1S/C17H17NO2/c1-12-5-3-6-13-9-14(18-17(12)13)11-20-16-8-4-7-15(10-16)19-2/h3-10,18H,11H2,1-2H3. The normalized spacial score (nSPS) is 10.7. The van der Waals surface area contributed by atoms with Crippen LogP contribution in [0.15, 0.2) is 48.5 Å². The second kappa shape index (κ2) is 5.29. The molecule has 0 amide bonds. The molecule has 0 radical (unpaired) electrons. The second-order valence-electron chi connectivity index (χ2n) is 4.80. The van der Waals surface area contributed by atoms with Crippen LogP contribution in [0.2, 0.25) is 0 Å². The summed E-state index contributed by atoms with van der Waals surface area (Å²) in [4.78, 5) is 3.41. The highest BCUT2D eigenvalue weighted by molar-refractivity contribution is 5.83. The van der Waals surface area contributed by atoms with Gasteiger partial charge in [0.15, 0.2) is 0 Å². The summed E-state index contributed by atoms with van der Waals surface area (Å²) in [5.41, 5.74) is 3.49. The molecule has 0 fully saturated rings. The number of methoxy groups -OCH3 is 1. The number of para-hydroxylation sites is 1. The number of benzene rings is 2. The molecule has 1 aromatic heterocycles. The van der Waals surface area contributed by atoms with Gasteiger partial charge in [-0.3, -0.25) is 0 Å². The zero-order chi connectivity index (χ0) is 13.9. The van der Waals surface area contributed by atoms with Crippen LogP contribution in [0, 0.1) is 6.92 Å². The van der Waals surface area contributed by atoms with Gasteiger partial charge in [0.05, 0.1) is 12.8 Å². The molecule has 20 heavy (non-hydrogen) atoms. The van der Waals surface area contributed by atoms with Gasteiger partial charge in [0.25, 0.3) is 0 Å². The number of nitrogens with one attached hydrogen (secondary N) is 1. The van der Waals surface area contributed by atoms with Crippen LogP contribution in [-0.2, 0) is 6.61 Å². The van der Waals surface area contributed by atoms with Crippen molar-refractivity contribution in [3.63, 3.8) is 0 Å². The van der Waals surface area contributed by atoms with Crippen molar-refractivity contribution in [1.29, 1.82) is 0 Å². The molecule has 102 valence electrons. The van der Waals surface area contributed by atoms with Crippen molar-refractivity contribution in [3.8, 4) is 11.5 Å². The molecule has 0 saturated carbocycles. The van der Waals surface area contributed by atoms with Gasteiger partial charge in [0, 0.05) is 17.0 Å². The molecule has 3 nitrogen and oxygen atoms in total. The third kappa shape index (κ3) is 2.48. The average Bonchev–Trinajstić information content (AvgIpc) is 2.90. The first-order valence-corrected chi connectivity index (χ1v) is 6.60. The molecular weight excluding hydrogens is 250 g/mol. The topological polar surface area (TPSA) is 34.2 Å². The highest BCUT2D eigenvalue weighted by Crippen LogP contribution is 2.22. The van der Waals surface area contributed by atoms with Gasteiger partial charge >= 0.3 is 0 Å². The third-order valence-corrected chi connectivity index (χ3v) is 3.36. The summed E-state index contributed by atoms with van der Waals surface area (Å²) in [6.45, 7) is 2.62. The predicted molar refractivity (Wildman–Crippen MR) is 80.4 cm³/mol. The monoisotopic (exact) mass is 267 g/mol. The number of rotatable bonds is 4. The fourth-order valence-electron chi connectivity index (χ4n) is 2.30.